The Labute approximate surface area is 206 Å². The van der Waals surface area contributed by atoms with Crippen LogP contribution in [0.2, 0.25) is 0 Å². The van der Waals surface area contributed by atoms with Crippen molar-refractivity contribution in [3.05, 3.63) is 72.3 Å². The van der Waals surface area contributed by atoms with Crippen LogP contribution in [0.5, 0.6) is 5.75 Å². The smallest absolute Gasteiger partial charge is 0.229 e. The van der Waals surface area contributed by atoms with Crippen molar-refractivity contribution in [1.82, 2.24) is 14.9 Å². The summed E-state index contributed by atoms with van der Waals surface area (Å²) in [6.07, 6.45) is 7.06. The van der Waals surface area contributed by atoms with Crippen LogP contribution in [-0.2, 0) is 15.6 Å². The molecule has 4 rings (SSSR count). The minimum Gasteiger partial charge on any atom is -0.495 e. The second kappa shape index (κ2) is 8.92. The van der Waals surface area contributed by atoms with Crippen LogP contribution < -0.4 is 19.7 Å². The van der Waals surface area contributed by atoms with E-state index in [1.165, 1.54) is 7.11 Å². The molecule has 1 aliphatic rings. The lowest BCUT2D eigenvalue weighted by Gasteiger charge is -2.28. The first-order chi connectivity index (χ1) is 16.0. The normalized spacial score (nSPS) is 18.6. The van der Waals surface area contributed by atoms with Gasteiger partial charge in [-0.1, -0.05) is 6.07 Å². The first-order valence-electron chi connectivity index (χ1n) is 10.8. The van der Waals surface area contributed by atoms with Crippen LogP contribution in [-0.4, -0.2) is 36.4 Å². The van der Waals surface area contributed by atoms with Gasteiger partial charge in [0.1, 0.15) is 5.75 Å². The van der Waals surface area contributed by atoms with Crippen molar-refractivity contribution in [2.75, 3.05) is 23.0 Å². The van der Waals surface area contributed by atoms with Crippen LogP contribution in [0.15, 0.2) is 61.1 Å². The summed E-state index contributed by atoms with van der Waals surface area (Å²) < 4.78 is 34.0. The minimum absolute atomic E-state index is 0.0806. The molecule has 10 heteroatoms. The molecule has 0 amide bonds. The molecule has 0 bridgehead atoms. The number of aromatic nitrogens is 2. The molecule has 34 heavy (non-hydrogen) atoms. The Hall–Kier alpha value is -3.11. The molecule has 8 nitrogen and oxygen atoms in total. The van der Waals surface area contributed by atoms with Gasteiger partial charge in [-0.2, -0.15) is 0 Å². The molecule has 180 valence electrons. The number of benzene rings is 1. The zero-order chi connectivity index (χ0) is 24.7. The van der Waals surface area contributed by atoms with Gasteiger partial charge >= 0.3 is 0 Å². The average molecular weight is 500 g/mol. The molecule has 0 spiro atoms. The number of nitrogens with one attached hydrogen (secondary N) is 2. The van der Waals surface area contributed by atoms with Crippen LogP contribution in [0.1, 0.15) is 44.1 Å². The lowest BCUT2D eigenvalue weighted by atomic mass is 9.98. The standard InChI is InChI=1S/C24H29N5O3S2/c1-24(2,3)28-13-11-16(15-28)22-21(18-8-6-7-12-25-18)26-23(33)29(22)17-9-10-20(32-4)19(14-17)27-34(5,30)31/h6-15,21-22,27H,1-5H3,(H,26,33)/t21-,22-/m1/s1. The number of hydrogen-bond acceptors (Lipinski definition) is 5. The quantitative estimate of drug-likeness (QED) is 0.492. The van der Waals surface area contributed by atoms with E-state index in [2.05, 4.69) is 58.8 Å². The molecular weight excluding hydrogens is 470 g/mol. The van der Waals surface area contributed by atoms with Crippen molar-refractivity contribution < 1.29 is 13.2 Å². The maximum atomic E-state index is 12.0. The van der Waals surface area contributed by atoms with E-state index in [0.29, 0.717) is 16.5 Å². The maximum Gasteiger partial charge on any atom is 0.229 e. The molecule has 1 saturated heterocycles. The van der Waals surface area contributed by atoms with E-state index in [1.807, 2.05) is 29.2 Å². The molecule has 2 aromatic heterocycles. The van der Waals surface area contributed by atoms with Crippen LogP contribution in [0, 0.1) is 0 Å². The summed E-state index contributed by atoms with van der Waals surface area (Å²) in [6.45, 7) is 6.44. The highest BCUT2D eigenvalue weighted by Gasteiger charge is 2.41. The first-order valence-corrected chi connectivity index (χ1v) is 13.1. The van der Waals surface area contributed by atoms with E-state index in [1.54, 1.807) is 18.3 Å². The van der Waals surface area contributed by atoms with Gasteiger partial charge in [-0.25, -0.2) is 8.42 Å². The number of rotatable bonds is 6. The van der Waals surface area contributed by atoms with Gasteiger partial charge in [0.25, 0.3) is 0 Å². The summed E-state index contributed by atoms with van der Waals surface area (Å²) in [4.78, 5) is 6.58. The highest BCUT2D eigenvalue weighted by atomic mass is 32.2. The van der Waals surface area contributed by atoms with Gasteiger partial charge < -0.3 is 19.5 Å². The van der Waals surface area contributed by atoms with Crippen molar-refractivity contribution in [1.29, 1.82) is 0 Å². The Morgan fingerprint density at radius 2 is 1.94 bits per heavy atom. The molecule has 0 unspecified atom stereocenters. The number of pyridine rings is 1. The predicted octanol–water partition coefficient (Wildman–Crippen LogP) is 4.20. The summed E-state index contributed by atoms with van der Waals surface area (Å²) >= 11 is 5.78. The average Bonchev–Trinajstić information content (AvgIpc) is 3.38. The third-order valence-corrected chi connectivity index (χ3v) is 6.59. The number of anilines is 2. The van der Waals surface area contributed by atoms with Crippen LogP contribution in [0.4, 0.5) is 11.4 Å². The second-order valence-electron chi connectivity index (χ2n) is 9.28. The van der Waals surface area contributed by atoms with E-state index >= 15 is 0 Å². The molecule has 3 heterocycles. The molecule has 2 atom stereocenters. The highest BCUT2D eigenvalue weighted by molar-refractivity contribution is 7.92. The van der Waals surface area contributed by atoms with Crippen LogP contribution >= 0.6 is 12.2 Å². The SMILES string of the molecule is COc1ccc(N2C(=S)N[C@H](c3ccccn3)[C@H]2c2ccn(C(C)(C)C)c2)cc1NS(C)(=O)=O. The number of hydrogen-bond donors (Lipinski definition) is 2. The van der Waals surface area contributed by atoms with Gasteiger partial charge in [0.15, 0.2) is 5.11 Å². The van der Waals surface area contributed by atoms with Gasteiger partial charge in [-0.05, 0) is 75.0 Å². The Bertz CT molecular complexity index is 1300. The van der Waals surface area contributed by atoms with E-state index in [4.69, 9.17) is 17.0 Å². The highest BCUT2D eigenvalue weighted by Crippen LogP contribution is 2.43. The third-order valence-electron chi connectivity index (χ3n) is 5.69. The fraction of sp³-hybridized carbons (Fsp3) is 0.333. The molecule has 0 aliphatic carbocycles. The lowest BCUT2D eigenvalue weighted by molar-refractivity contribution is 0.397. The molecule has 3 aromatic rings. The monoisotopic (exact) mass is 499 g/mol. The van der Waals surface area contributed by atoms with Crippen molar-refractivity contribution in [3.63, 3.8) is 0 Å². The lowest BCUT2D eigenvalue weighted by Crippen LogP contribution is -2.29. The number of nitrogens with zero attached hydrogens (tertiary/aromatic N) is 3. The van der Waals surface area contributed by atoms with Crippen molar-refractivity contribution in [2.24, 2.45) is 0 Å². The third kappa shape index (κ3) is 4.88. The first kappa shape index (κ1) is 24.0. The van der Waals surface area contributed by atoms with Crippen molar-refractivity contribution >= 4 is 38.7 Å². The number of methoxy groups -OCH3 is 1. The van der Waals surface area contributed by atoms with Gasteiger partial charge in [0.05, 0.1) is 36.8 Å². The van der Waals surface area contributed by atoms with E-state index in [-0.39, 0.29) is 17.6 Å². The number of thiocarbonyl (C=S) groups is 1. The predicted molar refractivity (Wildman–Crippen MR) is 139 cm³/mol. The maximum absolute atomic E-state index is 12.0. The summed E-state index contributed by atoms with van der Waals surface area (Å²) in [5.74, 6) is 0.420. The van der Waals surface area contributed by atoms with Gasteiger partial charge in [0, 0.05) is 29.8 Å². The van der Waals surface area contributed by atoms with E-state index < -0.39 is 10.0 Å². The zero-order valence-corrected chi connectivity index (χ0v) is 21.4. The molecule has 1 aliphatic heterocycles. The Balaban J connectivity index is 1.84. The van der Waals surface area contributed by atoms with E-state index in [0.717, 1.165) is 23.2 Å². The number of sulfonamides is 1. The Morgan fingerprint density at radius 3 is 2.53 bits per heavy atom. The zero-order valence-electron chi connectivity index (χ0n) is 19.8. The Kier molecular flexibility index (Phi) is 6.30. The van der Waals surface area contributed by atoms with Crippen molar-refractivity contribution in [2.45, 2.75) is 38.4 Å². The molecule has 0 radical (unpaired) electrons. The van der Waals surface area contributed by atoms with Gasteiger partial charge in [-0.3, -0.25) is 9.71 Å². The van der Waals surface area contributed by atoms with E-state index in [9.17, 15) is 8.42 Å². The fourth-order valence-corrected chi connectivity index (χ4v) is 5.01. The fourth-order valence-electron chi connectivity index (χ4n) is 4.10. The van der Waals surface area contributed by atoms with Crippen LogP contribution in [0.3, 0.4) is 0 Å². The summed E-state index contributed by atoms with van der Waals surface area (Å²) in [5, 5.41) is 3.95. The van der Waals surface area contributed by atoms with Crippen LogP contribution in [0.25, 0.3) is 0 Å². The topological polar surface area (TPSA) is 88.5 Å². The second-order valence-corrected chi connectivity index (χ2v) is 11.4. The van der Waals surface area contributed by atoms with Crippen molar-refractivity contribution in [3.8, 4) is 5.75 Å². The van der Waals surface area contributed by atoms with Gasteiger partial charge in [-0.15, -0.1) is 0 Å². The largest absolute Gasteiger partial charge is 0.495 e. The molecule has 0 saturated carbocycles. The summed E-state index contributed by atoms with van der Waals surface area (Å²) in [6, 6.07) is 12.8. The molecular formula is C24H29N5O3S2. The Morgan fingerprint density at radius 1 is 1.18 bits per heavy atom. The van der Waals surface area contributed by atoms with Gasteiger partial charge in [0.2, 0.25) is 10.0 Å². The summed E-state index contributed by atoms with van der Waals surface area (Å²) in [7, 11) is -2.01. The number of ether oxygens (including phenoxy) is 1. The molecule has 2 N–H and O–H groups in total. The molecule has 1 fully saturated rings. The minimum atomic E-state index is -3.51. The summed E-state index contributed by atoms with van der Waals surface area (Å²) in [5.41, 5.74) is 2.92. The molecule has 1 aromatic carbocycles.